The van der Waals surface area contributed by atoms with Crippen LogP contribution in [0.15, 0.2) is 24.3 Å². The number of nitrogens with one attached hydrogen (secondary N) is 1. The molecule has 7 heteroatoms. The Labute approximate surface area is 178 Å². The molecule has 0 atom stereocenters. The van der Waals surface area contributed by atoms with Crippen LogP contribution in [0.25, 0.3) is 0 Å². The Balaban J connectivity index is 0. The maximum atomic E-state index is 10.6. The van der Waals surface area contributed by atoms with Crippen molar-refractivity contribution in [1.29, 1.82) is 0 Å². The van der Waals surface area contributed by atoms with E-state index in [2.05, 4.69) is 5.32 Å². The largest absolute Gasteiger partial charge is 1.00 e. The molecule has 0 saturated heterocycles. The summed E-state index contributed by atoms with van der Waals surface area (Å²) < 4.78 is 0. The average molecular weight is 271 g/mol. The van der Waals surface area contributed by atoms with E-state index in [9.17, 15) is 19.8 Å². The quantitative estimate of drug-likeness (QED) is 0.549. The molecule has 0 spiro atoms. The summed E-state index contributed by atoms with van der Waals surface area (Å²) in [6.45, 7) is -0.440. The zero-order valence-corrected chi connectivity index (χ0v) is 15.4. The molecule has 1 aromatic rings. The number of hydrogen-bond acceptors (Lipinski definition) is 5. The van der Waals surface area contributed by atoms with Gasteiger partial charge in [-0.1, -0.05) is 18.2 Å². The summed E-state index contributed by atoms with van der Waals surface area (Å²) in [4.78, 5) is 20.7. The van der Waals surface area contributed by atoms with Crippen LogP contribution in [-0.2, 0) is 4.79 Å². The summed E-state index contributed by atoms with van der Waals surface area (Å²) in [7, 11) is 0. The molecule has 0 aliphatic carbocycles. The molecule has 0 bridgehead atoms. The van der Waals surface area contributed by atoms with Gasteiger partial charge >= 0.3 is 103 Å². The van der Waals surface area contributed by atoms with Crippen molar-refractivity contribution in [1.82, 2.24) is 0 Å². The predicted molar refractivity (Wildman–Crippen MR) is 44.3 cm³/mol. The van der Waals surface area contributed by atoms with Gasteiger partial charge < -0.3 is 25.1 Å². The zero-order valence-electron chi connectivity index (χ0n) is 9.15. The number of carboxylic acids is 2. The molecule has 5 nitrogen and oxygen atoms in total. The van der Waals surface area contributed by atoms with Crippen molar-refractivity contribution in [3.05, 3.63) is 29.8 Å². The van der Waals surface area contributed by atoms with E-state index in [1.807, 2.05) is 0 Å². The maximum Gasteiger partial charge on any atom is 1.00 e. The van der Waals surface area contributed by atoms with E-state index in [1.54, 1.807) is 6.07 Å². The molecule has 0 aromatic heterocycles. The molecule has 0 fully saturated rings. The van der Waals surface area contributed by atoms with Gasteiger partial charge in [0.05, 0.1) is 18.5 Å². The van der Waals surface area contributed by atoms with Crippen molar-refractivity contribution >= 4 is 17.6 Å². The van der Waals surface area contributed by atoms with Crippen LogP contribution in [0.5, 0.6) is 0 Å². The molecular weight excluding hydrogens is 264 g/mol. The SMILES string of the molecule is O=C([O-])CNc1ccccc1C(=O)[O-].[K+].[K+]. The van der Waals surface area contributed by atoms with Crippen LogP contribution < -0.4 is 118 Å². The van der Waals surface area contributed by atoms with Gasteiger partial charge in [-0.25, -0.2) is 0 Å². The van der Waals surface area contributed by atoms with Crippen molar-refractivity contribution < 1.29 is 123 Å². The summed E-state index contributed by atoms with van der Waals surface area (Å²) in [6.07, 6.45) is 0. The molecule has 1 aromatic carbocycles. The van der Waals surface area contributed by atoms with Crippen LogP contribution in [0.1, 0.15) is 10.4 Å². The van der Waals surface area contributed by atoms with Crippen LogP contribution in [-0.4, -0.2) is 18.5 Å². The number of carboxylic acid groups (broad SMARTS) is 2. The van der Waals surface area contributed by atoms with Crippen LogP contribution in [0.2, 0.25) is 0 Å². The summed E-state index contributed by atoms with van der Waals surface area (Å²) in [5.41, 5.74) is 0.130. The monoisotopic (exact) mass is 271 g/mol. The third-order valence-corrected chi connectivity index (χ3v) is 1.57. The van der Waals surface area contributed by atoms with Gasteiger partial charge in [-0.05, 0) is 6.07 Å². The van der Waals surface area contributed by atoms with Gasteiger partial charge in [-0.3, -0.25) is 0 Å². The van der Waals surface area contributed by atoms with E-state index in [-0.39, 0.29) is 114 Å². The predicted octanol–water partition coefficient (Wildman–Crippen LogP) is -7.78. The first-order valence-electron chi connectivity index (χ1n) is 3.85. The smallest absolute Gasteiger partial charge is 0.548 e. The number of benzene rings is 1. The number of anilines is 1. The van der Waals surface area contributed by atoms with Crippen molar-refractivity contribution in [2.45, 2.75) is 0 Å². The van der Waals surface area contributed by atoms with E-state index in [0.717, 1.165) is 0 Å². The van der Waals surface area contributed by atoms with Gasteiger partial charge in [0.25, 0.3) is 0 Å². The summed E-state index contributed by atoms with van der Waals surface area (Å²) >= 11 is 0. The van der Waals surface area contributed by atoms with Gasteiger partial charge in [0, 0.05) is 11.3 Å². The first kappa shape index (κ1) is 19.6. The fourth-order valence-electron chi connectivity index (χ4n) is 0.983. The molecule has 0 aliphatic rings. The first-order chi connectivity index (χ1) is 6.61. The number of carbonyl (C=O) groups is 2. The molecule has 0 aliphatic heterocycles. The van der Waals surface area contributed by atoms with Gasteiger partial charge in [0.2, 0.25) is 0 Å². The van der Waals surface area contributed by atoms with Crippen LogP contribution in [0.4, 0.5) is 5.69 Å². The first-order valence-corrected chi connectivity index (χ1v) is 3.85. The Morgan fingerprint density at radius 2 is 1.69 bits per heavy atom. The second-order valence-corrected chi connectivity index (χ2v) is 2.56. The molecule has 0 saturated carbocycles. The molecule has 0 heterocycles. The Morgan fingerprint density at radius 3 is 2.19 bits per heavy atom. The van der Waals surface area contributed by atoms with Crippen molar-refractivity contribution in [3.8, 4) is 0 Å². The molecule has 74 valence electrons. The number of hydrogen-bond donors (Lipinski definition) is 1. The standard InChI is InChI=1S/C9H9NO4.2K/c11-8(12)5-10-7-4-2-1-3-6(7)9(13)14;;/h1-4,10H,5H2,(H,11,12)(H,13,14);;/q;2*+1/p-2. The number of carbonyl (C=O) groups excluding carboxylic acids is 2. The summed E-state index contributed by atoms with van der Waals surface area (Å²) in [6, 6.07) is 5.89. The Kier molecular flexibility index (Phi) is 12.5. The van der Waals surface area contributed by atoms with E-state index < -0.39 is 18.5 Å². The zero-order chi connectivity index (χ0) is 10.6. The third kappa shape index (κ3) is 6.84. The Morgan fingerprint density at radius 1 is 1.12 bits per heavy atom. The van der Waals surface area contributed by atoms with Gasteiger partial charge in [0.1, 0.15) is 0 Å². The van der Waals surface area contributed by atoms with Crippen LogP contribution in [0.3, 0.4) is 0 Å². The second kappa shape index (κ2) is 10.2. The number of aromatic carboxylic acids is 1. The minimum Gasteiger partial charge on any atom is -0.548 e. The normalized spacial score (nSPS) is 8.25. The number of para-hydroxylation sites is 1. The third-order valence-electron chi connectivity index (χ3n) is 1.57. The minimum atomic E-state index is -1.36. The number of rotatable bonds is 4. The average Bonchev–Trinajstić information content (AvgIpc) is 2.15. The second-order valence-electron chi connectivity index (χ2n) is 2.56. The molecule has 16 heavy (non-hydrogen) atoms. The van der Waals surface area contributed by atoms with E-state index >= 15 is 0 Å². The maximum absolute atomic E-state index is 10.6. The fraction of sp³-hybridized carbons (Fsp3) is 0.111. The van der Waals surface area contributed by atoms with E-state index in [4.69, 9.17) is 0 Å². The fourth-order valence-corrected chi connectivity index (χ4v) is 0.983. The molecule has 0 radical (unpaired) electrons. The Bertz CT molecular complexity index is 370. The summed E-state index contributed by atoms with van der Waals surface area (Å²) in [5, 5.41) is 23.1. The summed E-state index contributed by atoms with van der Waals surface area (Å²) in [5.74, 6) is -2.66. The van der Waals surface area contributed by atoms with Crippen molar-refractivity contribution in [2.24, 2.45) is 0 Å². The van der Waals surface area contributed by atoms with E-state index in [0.29, 0.717) is 0 Å². The van der Waals surface area contributed by atoms with Gasteiger partial charge in [-0.15, -0.1) is 0 Å². The molecule has 1 N–H and O–H groups in total. The van der Waals surface area contributed by atoms with Crippen molar-refractivity contribution in [2.75, 3.05) is 11.9 Å². The van der Waals surface area contributed by atoms with E-state index in [1.165, 1.54) is 18.2 Å². The molecule has 0 amide bonds. The minimum absolute atomic E-state index is 0. The van der Waals surface area contributed by atoms with Crippen molar-refractivity contribution in [3.63, 3.8) is 0 Å². The molecule has 0 unspecified atom stereocenters. The van der Waals surface area contributed by atoms with Crippen LogP contribution >= 0.6 is 0 Å². The topological polar surface area (TPSA) is 92.3 Å². The number of aliphatic carboxylic acids is 1. The van der Waals surface area contributed by atoms with Gasteiger partial charge in [-0.2, -0.15) is 0 Å². The van der Waals surface area contributed by atoms with Crippen LogP contribution in [0, 0.1) is 0 Å². The molecular formula is C9H7K2NO4. The molecule has 1 rings (SSSR count). The van der Waals surface area contributed by atoms with Gasteiger partial charge in [0.15, 0.2) is 0 Å². The Hall–Kier alpha value is 1.23.